The lowest BCUT2D eigenvalue weighted by Crippen LogP contribution is -2.33. The van der Waals surface area contributed by atoms with Crippen LogP contribution >= 0.6 is 0 Å². The zero-order valence-electron chi connectivity index (χ0n) is 12.2. The van der Waals surface area contributed by atoms with Crippen LogP contribution in [0.2, 0.25) is 0 Å². The van der Waals surface area contributed by atoms with E-state index in [2.05, 4.69) is 6.92 Å². The lowest BCUT2D eigenvalue weighted by Gasteiger charge is -2.18. The molecule has 0 saturated carbocycles. The van der Waals surface area contributed by atoms with Gasteiger partial charge in [0.15, 0.2) is 0 Å². The molecule has 0 bridgehead atoms. The largest absolute Gasteiger partial charge is 0.494 e. The lowest BCUT2D eigenvalue weighted by molar-refractivity contribution is -0.138. The second kappa shape index (κ2) is 9.20. The molecule has 0 aliphatic heterocycles. The van der Waals surface area contributed by atoms with E-state index >= 15 is 0 Å². The first-order chi connectivity index (χ1) is 9.65. The van der Waals surface area contributed by atoms with E-state index in [0.29, 0.717) is 26.3 Å². The van der Waals surface area contributed by atoms with Gasteiger partial charge in [0.25, 0.3) is 0 Å². The molecule has 0 aromatic heterocycles. The minimum Gasteiger partial charge on any atom is -0.494 e. The predicted octanol–water partition coefficient (Wildman–Crippen LogP) is 2.26. The van der Waals surface area contributed by atoms with E-state index in [0.717, 1.165) is 17.9 Å². The van der Waals surface area contributed by atoms with Crippen LogP contribution in [0.25, 0.3) is 0 Å². The third-order valence-electron chi connectivity index (χ3n) is 2.78. The number of likely N-dealkylation sites (N-methyl/N-ethyl adjacent to an activating group) is 1. The number of carbonyl (C=O) groups is 1. The summed E-state index contributed by atoms with van der Waals surface area (Å²) in [7, 11) is 0. The van der Waals surface area contributed by atoms with Crippen molar-refractivity contribution in [3.63, 3.8) is 0 Å². The minimum absolute atomic E-state index is 0.0453. The summed E-state index contributed by atoms with van der Waals surface area (Å²) in [4.78, 5) is 12.4. The molecule has 0 heterocycles. The summed E-state index contributed by atoms with van der Waals surface area (Å²) in [6.45, 7) is 6.51. The van der Waals surface area contributed by atoms with Crippen molar-refractivity contribution in [2.75, 3.05) is 32.8 Å². The Bertz CT molecular complexity index is 391. The number of aliphatic carboxylic acids is 1. The number of hydrogen-bond acceptors (Lipinski definition) is 4. The Labute approximate surface area is 120 Å². The zero-order chi connectivity index (χ0) is 14.8. The van der Waals surface area contributed by atoms with Gasteiger partial charge in [0, 0.05) is 6.54 Å². The summed E-state index contributed by atoms with van der Waals surface area (Å²) in [6.07, 6.45) is 0.981. The highest BCUT2D eigenvalue weighted by atomic mass is 16.5. The van der Waals surface area contributed by atoms with Crippen LogP contribution in [0.15, 0.2) is 24.3 Å². The van der Waals surface area contributed by atoms with Crippen LogP contribution in [0.1, 0.15) is 20.3 Å². The van der Waals surface area contributed by atoms with Gasteiger partial charge in [-0.3, -0.25) is 9.69 Å². The van der Waals surface area contributed by atoms with E-state index < -0.39 is 5.97 Å². The van der Waals surface area contributed by atoms with Crippen molar-refractivity contribution >= 4 is 5.97 Å². The lowest BCUT2D eigenvalue weighted by atomic mass is 10.3. The summed E-state index contributed by atoms with van der Waals surface area (Å²) in [5, 5.41) is 8.74. The molecule has 0 unspecified atom stereocenters. The Hall–Kier alpha value is -1.75. The Morgan fingerprint density at radius 3 is 2.10 bits per heavy atom. The van der Waals surface area contributed by atoms with Crippen LogP contribution in [0.3, 0.4) is 0 Å². The summed E-state index contributed by atoms with van der Waals surface area (Å²) >= 11 is 0. The highest BCUT2D eigenvalue weighted by Gasteiger charge is 2.07. The number of carboxylic acid groups (broad SMARTS) is 1. The molecule has 0 aliphatic rings. The number of benzene rings is 1. The van der Waals surface area contributed by atoms with Crippen molar-refractivity contribution in [1.82, 2.24) is 4.90 Å². The highest BCUT2D eigenvalue weighted by molar-refractivity contribution is 5.69. The summed E-state index contributed by atoms with van der Waals surface area (Å²) in [5.41, 5.74) is 0. The maximum atomic E-state index is 10.6. The molecule has 1 aromatic carbocycles. The van der Waals surface area contributed by atoms with Gasteiger partial charge in [-0.25, -0.2) is 0 Å². The van der Waals surface area contributed by atoms with Crippen LogP contribution in [-0.2, 0) is 4.79 Å². The SMILES string of the molecule is CCCOc1ccc(OCCN(CC)CC(=O)O)cc1. The maximum absolute atomic E-state index is 10.6. The normalized spacial score (nSPS) is 10.6. The molecule has 112 valence electrons. The molecule has 20 heavy (non-hydrogen) atoms. The standard InChI is InChI=1S/C15H23NO4/c1-3-10-19-13-5-7-14(8-6-13)20-11-9-16(4-2)12-15(17)18/h5-8H,3-4,9-12H2,1-2H3,(H,17,18). The van der Waals surface area contributed by atoms with Gasteiger partial charge in [-0.1, -0.05) is 13.8 Å². The number of rotatable bonds is 10. The third-order valence-corrected chi connectivity index (χ3v) is 2.78. The Morgan fingerprint density at radius 1 is 1.10 bits per heavy atom. The van der Waals surface area contributed by atoms with Gasteiger partial charge in [0.05, 0.1) is 13.2 Å². The summed E-state index contributed by atoms with van der Waals surface area (Å²) < 4.78 is 11.1. The Balaban J connectivity index is 2.32. The van der Waals surface area contributed by atoms with Crippen molar-refractivity contribution in [2.24, 2.45) is 0 Å². The van der Waals surface area contributed by atoms with Gasteiger partial charge in [-0.2, -0.15) is 0 Å². The molecule has 5 heteroatoms. The second-order valence-electron chi connectivity index (χ2n) is 4.43. The molecule has 1 N–H and O–H groups in total. The number of ether oxygens (including phenoxy) is 2. The molecule has 0 aliphatic carbocycles. The Morgan fingerprint density at radius 2 is 1.65 bits per heavy atom. The van der Waals surface area contributed by atoms with Gasteiger partial charge in [-0.15, -0.1) is 0 Å². The van der Waals surface area contributed by atoms with Crippen molar-refractivity contribution < 1.29 is 19.4 Å². The average Bonchev–Trinajstić information content (AvgIpc) is 2.45. The van der Waals surface area contributed by atoms with Crippen LogP contribution in [0.5, 0.6) is 11.5 Å². The molecule has 1 aromatic rings. The number of nitrogens with zero attached hydrogens (tertiary/aromatic N) is 1. The van der Waals surface area contributed by atoms with Gasteiger partial charge in [0.1, 0.15) is 18.1 Å². The number of hydrogen-bond donors (Lipinski definition) is 1. The molecule has 0 saturated heterocycles. The topological polar surface area (TPSA) is 59.0 Å². The zero-order valence-corrected chi connectivity index (χ0v) is 12.2. The molecule has 0 atom stereocenters. The second-order valence-corrected chi connectivity index (χ2v) is 4.43. The summed E-state index contributed by atoms with van der Waals surface area (Å²) in [5.74, 6) is 0.782. The highest BCUT2D eigenvalue weighted by Crippen LogP contribution is 2.17. The fourth-order valence-electron chi connectivity index (χ4n) is 1.68. The molecule has 1 rings (SSSR count). The van der Waals surface area contributed by atoms with E-state index in [1.807, 2.05) is 36.1 Å². The van der Waals surface area contributed by atoms with E-state index in [-0.39, 0.29) is 6.54 Å². The fourth-order valence-corrected chi connectivity index (χ4v) is 1.68. The third kappa shape index (κ3) is 6.43. The smallest absolute Gasteiger partial charge is 0.317 e. The van der Waals surface area contributed by atoms with Gasteiger partial charge < -0.3 is 14.6 Å². The predicted molar refractivity (Wildman–Crippen MR) is 77.5 cm³/mol. The molecule has 0 radical (unpaired) electrons. The van der Waals surface area contributed by atoms with Crippen molar-refractivity contribution in [3.8, 4) is 11.5 Å². The van der Waals surface area contributed by atoms with Crippen LogP contribution in [-0.4, -0.2) is 48.8 Å². The van der Waals surface area contributed by atoms with Crippen LogP contribution < -0.4 is 9.47 Å². The first kappa shape index (κ1) is 16.3. The molecule has 0 fully saturated rings. The van der Waals surface area contributed by atoms with Crippen molar-refractivity contribution in [3.05, 3.63) is 24.3 Å². The molecule has 0 amide bonds. The maximum Gasteiger partial charge on any atom is 0.317 e. The van der Waals surface area contributed by atoms with E-state index in [1.54, 1.807) is 0 Å². The fraction of sp³-hybridized carbons (Fsp3) is 0.533. The van der Waals surface area contributed by atoms with Gasteiger partial charge in [-0.05, 0) is 37.2 Å². The first-order valence-corrected chi connectivity index (χ1v) is 6.95. The molecular weight excluding hydrogens is 258 g/mol. The van der Waals surface area contributed by atoms with Crippen LogP contribution in [0, 0.1) is 0 Å². The Kier molecular flexibility index (Phi) is 7.50. The molecule has 0 spiro atoms. The van der Waals surface area contributed by atoms with Crippen LogP contribution in [0.4, 0.5) is 0 Å². The van der Waals surface area contributed by atoms with Gasteiger partial charge >= 0.3 is 5.97 Å². The quantitative estimate of drug-likeness (QED) is 0.713. The monoisotopic (exact) mass is 281 g/mol. The van der Waals surface area contributed by atoms with Crippen molar-refractivity contribution in [2.45, 2.75) is 20.3 Å². The van der Waals surface area contributed by atoms with Gasteiger partial charge in [0.2, 0.25) is 0 Å². The minimum atomic E-state index is -0.815. The van der Waals surface area contributed by atoms with E-state index in [9.17, 15) is 4.79 Å². The van der Waals surface area contributed by atoms with Crippen molar-refractivity contribution in [1.29, 1.82) is 0 Å². The average molecular weight is 281 g/mol. The molecule has 5 nitrogen and oxygen atoms in total. The number of carboxylic acids is 1. The first-order valence-electron chi connectivity index (χ1n) is 6.95. The summed E-state index contributed by atoms with van der Waals surface area (Å²) in [6, 6.07) is 7.47. The van der Waals surface area contributed by atoms with E-state index in [4.69, 9.17) is 14.6 Å². The van der Waals surface area contributed by atoms with E-state index in [1.165, 1.54) is 0 Å². The molecular formula is C15H23NO4.